The molecular weight excluding hydrogens is 490 g/mol. The molecule has 0 aliphatic rings. The maximum atomic E-state index is 12.9. The lowest BCUT2D eigenvalue weighted by Gasteiger charge is -2.17. The van der Waals surface area contributed by atoms with Crippen LogP contribution in [-0.2, 0) is 9.59 Å². The molecule has 36 heavy (non-hydrogen) atoms. The van der Waals surface area contributed by atoms with E-state index in [0.717, 1.165) is 11.3 Å². The Morgan fingerprint density at radius 2 is 1.86 bits per heavy atom. The third kappa shape index (κ3) is 6.83. The zero-order valence-electron chi connectivity index (χ0n) is 18.6. The van der Waals surface area contributed by atoms with Gasteiger partial charge in [0.05, 0.1) is 28.8 Å². The second kappa shape index (κ2) is 11.5. The molecule has 2 amide bonds. The van der Waals surface area contributed by atoms with Crippen LogP contribution in [-0.4, -0.2) is 45.3 Å². The first-order valence-electron chi connectivity index (χ1n) is 10.3. The Bertz CT molecular complexity index is 1320. The van der Waals surface area contributed by atoms with E-state index in [4.69, 9.17) is 11.5 Å². The molecule has 1 unspecified atom stereocenters. The molecule has 186 valence electrons. The number of amides is 2. The number of nitrogens with one attached hydrogen (secondary N) is 2. The molecule has 0 radical (unpaired) electrons. The van der Waals surface area contributed by atoms with Crippen molar-refractivity contribution in [1.29, 1.82) is 0 Å². The van der Waals surface area contributed by atoms with Crippen LogP contribution in [0.15, 0.2) is 59.6 Å². The Kier molecular flexibility index (Phi) is 8.25. The lowest BCUT2D eigenvalue weighted by Crippen LogP contribution is -2.39. The number of carbonyl (C=O) groups is 3. The smallest absolute Gasteiger partial charge is 0.305 e. The first-order chi connectivity index (χ1) is 17.1. The van der Waals surface area contributed by atoms with Crippen molar-refractivity contribution in [2.45, 2.75) is 12.5 Å². The fourth-order valence-electron chi connectivity index (χ4n) is 3.18. The number of nitrogens with two attached hydrogens (primary N) is 2. The SMILES string of the molecule is NC(N)=Nc1nc(C(=O)NCC(=O)NC(CC(=O)O)c2ccccc2)c(-c2cccc([N+](=O)[O-])c2)s1. The number of aromatic nitrogens is 1. The van der Waals surface area contributed by atoms with E-state index in [9.17, 15) is 29.6 Å². The van der Waals surface area contributed by atoms with Gasteiger partial charge in [0.1, 0.15) is 5.69 Å². The van der Waals surface area contributed by atoms with Crippen molar-refractivity contribution in [3.8, 4) is 10.4 Å². The van der Waals surface area contributed by atoms with Crippen molar-refractivity contribution >= 4 is 45.9 Å². The molecule has 7 N–H and O–H groups in total. The summed E-state index contributed by atoms with van der Waals surface area (Å²) in [5, 5.41) is 25.4. The number of hydrogen-bond donors (Lipinski definition) is 5. The maximum absolute atomic E-state index is 12.9. The third-order valence-corrected chi connectivity index (χ3v) is 5.70. The quantitative estimate of drug-likeness (QED) is 0.116. The van der Waals surface area contributed by atoms with E-state index in [0.29, 0.717) is 11.1 Å². The van der Waals surface area contributed by atoms with Crippen LogP contribution in [0.4, 0.5) is 10.8 Å². The molecule has 2 aromatic carbocycles. The minimum absolute atomic E-state index is 0.0386. The summed E-state index contributed by atoms with van der Waals surface area (Å²) in [5.41, 5.74) is 11.4. The molecular formula is C22H21N7O6S. The lowest BCUT2D eigenvalue weighted by atomic mass is 10.0. The number of carboxylic acid groups (broad SMARTS) is 1. The molecule has 3 rings (SSSR count). The molecule has 14 heteroatoms. The molecule has 0 saturated heterocycles. The number of nitro groups is 1. The molecule has 3 aromatic rings. The average Bonchev–Trinajstić information content (AvgIpc) is 3.25. The number of hydrogen-bond acceptors (Lipinski definition) is 8. The predicted molar refractivity (Wildman–Crippen MR) is 132 cm³/mol. The van der Waals surface area contributed by atoms with Gasteiger partial charge in [-0.05, 0) is 5.56 Å². The number of rotatable bonds is 10. The molecule has 0 spiro atoms. The van der Waals surface area contributed by atoms with Crippen LogP contribution < -0.4 is 22.1 Å². The van der Waals surface area contributed by atoms with E-state index in [1.165, 1.54) is 18.2 Å². The van der Waals surface area contributed by atoms with Gasteiger partial charge in [-0.1, -0.05) is 53.8 Å². The zero-order chi connectivity index (χ0) is 26.2. The fourth-order valence-corrected chi connectivity index (χ4v) is 4.13. The molecule has 1 aromatic heterocycles. The molecule has 0 fully saturated rings. The summed E-state index contributed by atoms with van der Waals surface area (Å²) < 4.78 is 0. The topological polar surface area (TPSA) is 216 Å². The van der Waals surface area contributed by atoms with Gasteiger partial charge in [0.15, 0.2) is 5.96 Å². The van der Waals surface area contributed by atoms with E-state index in [-0.39, 0.29) is 33.8 Å². The summed E-state index contributed by atoms with van der Waals surface area (Å²) in [6, 6.07) is 13.3. The molecule has 0 aliphatic heterocycles. The van der Waals surface area contributed by atoms with Crippen LogP contribution in [0.2, 0.25) is 0 Å². The summed E-state index contributed by atoms with van der Waals surface area (Å²) in [6.07, 6.45) is -0.353. The molecule has 13 nitrogen and oxygen atoms in total. The van der Waals surface area contributed by atoms with E-state index in [1.807, 2.05) is 0 Å². The minimum Gasteiger partial charge on any atom is -0.481 e. The number of thiazole rings is 1. The number of carbonyl (C=O) groups excluding carboxylic acids is 2. The van der Waals surface area contributed by atoms with Crippen LogP contribution in [0.5, 0.6) is 0 Å². The number of nitrogens with zero attached hydrogens (tertiary/aromatic N) is 3. The van der Waals surface area contributed by atoms with Crippen LogP contribution in [0, 0.1) is 10.1 Å². The van der Waals surface area contributed by atoms with Gasteiger partial charge in [-0.15, -0.1) is 0 Å². The molecule has 1 atom stereocenters. The van der Waals surface area contributed by atoms with Gasteiger partial charge in [0, 0.05) is 17.7 Å². The largest absolute Gasteiger partial charge is 0.481 e. The van der Waals surface area contributed by atoms with Gasteiger partial charge in [0.2, 0.25) is 11.0 Å². The monoisotopic (exact) mass is 511 g/mol. The third-order valence-electron chi connectivity index (χ3n) is 4.70. The van der Waals surface area contributed by atoms with E-state index in [2.05, 4.69) is 20.6 Å². The van der Waals surface area contributed by atoms with Gasteiger partial charge >= 0.3 is 5.97 Å². The summed E-state index contributed by atoms with van der Waals surface area (Å²) in [4.78, 5) is 55.4. The standard InChI is InChI=1S/C22H21N7O6S/c23-21(24)28-22-27-18(19(36-22)13-7-4-8-14(9-13)29(34)35)20(33)25-11-16(30)26-15(10-17(31)32)12-5-2-1-3-6-12/h1-9,15H,10-11H2,(H,25,33)(H,26,30)(H,31,32)(H4,23,24,27,28). The van der Waals surface area contributed by atoms with Crippen LogP contribution in [0.3, 0.4) is 0 Å². The van der Waals surface area contributed by atoms with Crippen LogP contribution >= 0.6 is 11.3 Å². The van der Waals surface area contributed by atoms with Crippen LogP contribution in [0.25, 0.3) is 10.4 Å². The van der Waals surface area contributed by atoms with Crippen molar-refractivity contribution in [3.05, 3.63) is 76.0 Å². The predicted octanol–water partition coefficient (Wildman–Crippen LogP) is 1.69. The van der Waals surface area contributed by atoms with Crippen molar-refractivity contribution < 1.29 is 24.4 Å². The van der Waals surface area contributed by atoms with Gasteiger partial charge in [0.25, 0.3) is 11.6 Å². The minimum atomic E-state index is -1.11. The highest BCUT2D eigenvalue weighted by molar-refractivity contribution is 7.19. The summed E-state index contributed by atoms with van der Waals surface area (Å²) in [7, 11) is 0. The molecule has 1 heterocycles. The highest BCUT2D eigenvalue weighted by atomic mass is 32.1. The normalized spacial score (nSPS) is 11.2. The highest BCUT2D eigenvalue weighted by Crippen LogP contribution is 2.36. The average molecular weight is 512 g/mol. The number of aliphatic carboxylic acids is 1. The van der Waals surface area contributed by atoms with Crippen molar-refractivity contribution in [1.82, 2.24) is 15.6 Å². The van der Waals surface area contributed by atoms with E-state index < -0.39 is 35.3 Å². The van der Waals surface area contributed by atoms with Gasteiger partial charge < -0.3 is 27.2 Å². The Labute approximate surface area is 208 Å². The number of carboxylic acids is 1. The van der Waals surface area contributed by atoms with Crippen LogP contribution in [0.1, 0.15) is 28.5 Å². The highest BCUT2D eigenvalue weighted by Gasteiger charge is 2.23. The maximum Gasteiger partial charge on any atom is 0.305 e. The van der Waals surface area contributed by atoms with Crippen molar-refractivity contribution in [2.24, 2.45) is 16.5 Å². The Balaban J connectivity index is 1.79. The number of benzene rings is 2. The first-order valence-corrected chi connectivity index (χ1v) is 11.1. The number of guanidine groups is 1. The molecule has 0 saturated carbocycles. The number of aliphatic imine (C=N–C) groups is 1. The second-order valence-electron chi connectivity index (χ2n) is 7.33. The zero-order valence-corrected chi connectivity index (χ0v) is 19.4. The van der Waals surface area contributed by atoms with Gasteiger partial charge in [-0.2, -0.15) is 4.99 Å². The second-order valence-corrected chi connectivity index (χ2v) is 8.31. The van der Waals surface area contributed by atoms with Crippen molar-refractivity contribution in [2.75, 3.05) is 6.54 Å². The molecule has 0 aliphatic carbocycles. The van der Waals surface area contributed by atoms with E-state index in [1.54, 1.807) is 36.4 Å². The lowest BCUT2D eigenvalue weighted by molar-refractivity contribution is -0.384. The first kappa shape index (κ1) is 25.8. The molecule has 0 bridgehead atoms. The van der Waals surface area contributed by atoms with Gasteiger partial charge in [-0.25, -0.2) is 4.98 Å². The van der Waals surface area contributed by atoms with Gasteiger partial charge in [-0.3, -0.25) is 24.5 Å². The number of non-ortho nitro benzene ring substituents is 1. The Morgan fingerprint density at radius 1 is 1.14 bits per heavy atom. The van der Waals surface area contributed by atoms with E-state index >= 15 is 0 Å². The number of nitro benzene ring substituents is 1. The Hall–Kier alpha value is -4.85. The Morgan fingerprint density at radius 3 is 2.50 bits per heavy atom. The summed E-state index contributed by atoms with van der Waals surface area (Å²) >= 11 is 0.931. The fraction of sp³-hybridized carbons (Fsp3) is 0.136. The summed E-state index contributed by atoms with van der Waals surface area (Å²) in [6.45, 7) is -0.481. The summed E-state index contributed by atoms with van der Waals surface area (Å²) in [5.74, 6) is -2.79. The van der Waals surface area contributed by atoms with Crippen molar-refractivity contribution in [3.63, 3.8) is 0 Å².